The molecule has 3 heterocycles. The number of imidazole rings is 1. The van der Waals surface area contributed by atoms with Crippen molar-refractivity contribution in [2.45, 2.75) is 26.4 Å². The van der Waals surface area contributed by atoms with E-state index in [-0.39, 0.29) is 0 Å². The first-order valence-electron chi connectivity index (χ1n) is 10.9. The highest BCUT2D eigenvalue weighted by molar-refractivity contribution is 5.79. The minimum atomic E-state index is 0.672. The number of fused-ring (bicyclic) bond motifs is 1. The van der Waals surface area contributed by atoms with Gasteiger partial charge in [-0.05, 0) is 31.5 Å². The predicted octanol–water partition coefficient (Wildman–Crippen LogP) is 2.33. The number of aromatic nitrogens is 3. The predicted molar refractivity (Wildman–Crippen MR) is 125 cm³/mol. The van der Waals surface area contributed by atoms with Gasteiger partial charge in [0, 0.05) is 51.5 Å². The van der Waals surface area contributed by atoms with Crippen LogP contribution in [0.5, 0.6) is 0 Å². The number of hydrogen-bond donors (Lipinski definition) is 2. The van der Waals surface area contributed by atoms with Crippen LogP contribution in [0.3, 0.4) is 0 Å². The van der Waals surface area contributed by atoms with Crippen LogP contribution in [0.4, 0.5) is 5.82 Å². The van der Waals surface area contributed by atoms with Crippen molar-refractivity contribution in [3.63, 3.8) is 0 Å². The first kappa shape index (κ1) is 21.1. The summed E-state index contributed by atoms with van der Waals surface area (Å²) in [7, 11) is 1.80. The first-order chi connectivity index (χ1) is 15.3. The standard InChI is InChI=1S/C23H31N7O/c1-18-28-20-8-3-4-9-21(20)30(18)12-6-11-26-23(24-2)27-17-19-7-5-10-25-22(19)29-13-15-31-16-14-29/h3-5,7-10H,6,11-17H2,1-2H3,(H2,24,26,27). The average Bonchev–Trinajstić information content (AvgIpc) is 3.14. The second-order valence-corrected chi connectivity index (χ2v) is 7.59. The summed E-state index contributed by atoms with van der Waals surface area (Å²) in [4.78, 5) is 15.9. The van der Waals surface area contributed by atoms with Gasteiger partial charge in [-0.25, -0.2) is 9.97 Å². The average molecular weight is 422 g/mol. The van der Waals surface area contributed by atoms with E-state index >= 15 is 0 Å². The molecule has 4 rings (SSSR count). The molecule has 1 aliphatic heterocycles. The van der Waals surface area contributed by atoms with Crippen molar-refractivity contribution in [3.8, 4) is 0 Å². The van der Waals surface area contributed by atoms with Gasteiger partial charge >= 0.3 is 0 Å². The molecule has 0 atom stereocenters. The van der Waals surface area contributed by atoms with Gasteiger partial charge in [0.2, 0.25) is 0 Å². The fourth-order valence-electron chi connectivity index (χ4n) is 3.95. The van der Waals surface area contributed by atoms with Crippen molar-refractivity contribution in [2.75, 3.05) is 44.8 Å². The maximum Gasteiger partial charge on any atom is 0.191 e. The van der Waals surface area contributed by atoms with E-state index in [1.165, 1.54) is 5.52 Å². The Morgan fingerprint density at radius 2 is 1.97 bits per heavy atom. The fraction of sp³-hybridized carbons (Fsp3) is 0.435. The van der Waals surface area contributed by atoms with Crippen LogP contribution in [0.1, 0.15) is 17.8 Å². The van der Waals surface area contributed by atoms with Crippen molar-refractivity contribution < 1.29 is 4.74 Å². The Hall–Kier alpha value is -3.13. The molecule has 8 heteroatoms. The zero-order valence-electron chi connectivity index (χ0n) is 18.3. The summed E-state index contributed by atoms with van der Waals surface area (Å²) in [6.45, 7) is 7.73. The van der Waals surface area contributed by atoms with Gasteiger partial charge in [-0.3, -0.25) is 4.99 Å². The number of aliphatic imine (C=N–C) groups is 1. The molecular formula is C23H31N7O. The van der Waals surface area contributed by atoms with E-state index in [0.29, 0.717) is 6.54 Å². The molecule has 0 spiro atoms. The lowest BCUT2D eigenvalue weighted by Crippen LogP contribution is -2.39. The van der Waals surface area contributed by atoms with Crippen molar-refractivity contribution in [3.05, 3.63) is 54.0 Å². The molecule has 0 saturated carbocycles. The van der Waals surface area contributed by atoms with Gasteiger partial charge in [0.15, 0.2) is 5.96 Å². The van der Waals surface area contributed by atoms with E-state index < -0.39 is 0 Å². The first-order valence-corrected chi connectivity index (χ1v) is 10.9. The van der Waals surface area contributed by atoms with Gasteiger partial charge in [0.1, 0.15) is 11.6 Å². The summed E-state index contributed by atoms with van der Waals surface area (Å²) in [5.74, 6) is 2.87. The van der Waals surface area contributed by atoms with Crippen molar-refractivity contribution >= 4 is 22.8 Å². The summed E-state index contributed by atoms with van der Waals surface area (Å²) in [6.07, 6.45) is 2.83. The third kappa shape index (κ3) is 5.14. The third-order valence-electron chi connectivity index (χ3n) is 5.54. The highest BCUT2D eigenvalue weighted by atomic mass is 16.5. The van der Waals surface area contributed by atoms with Crippen LogP contribution in [-0.2, 0) is 17.8 Å². The quantitative estimate of drug-likeness (QED) is 0.346. The molecule has 2 N–H and O–H groups in total. The molecular weight excluding hydrogens is 390 g/mol. The van der Waals surface area contributed by atoms with Crippen LogP contribution in [-0.4, -0.2) is 60.4 Å². The van der Waals surface area contributed by atoms with Crippen molar-refractivity contribution in [1.29, 1.82) is 0 Å². The lowest BCUT2D eigenvalue weighted by molar-refractivity contribution is 0.122. The maximum atomic E-state index is 5.47. The maximum absolute atomic E-state index is 5.47. The Morgan fingerprint density at radius 3 is 2.81 bits per heavy atom. The summed E-state index contributed by atoms with van der Waals surface area (Å²) in [6, 6.07) is 12.4. The summed E-state index contributed by atoms with van der Waals surface area (Å²) in [5.41, 5.74) is 3.40. The number of nitrogens with zero attached hydrogens (tertiary/aromatic N) is 5. The second kappa shape index (κ2) is 10.3. The van der Waals surface area contributed by atoms with Gasteiger partial charge in [-0.2, -0.15) is 0 Å². The number of ether oxygens (including phenoxy) is 1. The summed E-state index contributed by atoms with van der Waals surface area (Å²) in [5, 5.41) is 6.84. The third-order valence-corrected chi connectivity index (χ3v) is 5.54. The van der Waals surface area contributed by atoms with Crippen LogP contribution in [0.2, 0.25) is 0 Å². The lowest BCUT2D eigenvalue weighted by Gasteiger charge is -2.29. The molecule has 0 amide bonds. The monoisotopic (exact) mass is 421 g/mol. The topological polar surface area (TPSA) is 79.6 Å². The Balaban J connectivity index is 1.28. The number of para-hydroxylation sites is 2. The minimum Gasteiger partial charge on any atom is -0.378 e. The van der Waals surface area contributed by atoms with Crippen molar-refractivity contribution in [2.24, 2.45) is 4.99 Å². The molecule has 31 heavy (non-hydrogen) atoms. The van der Waals surface area contributed by atoms with Crippen LogP contribution in [0.15, 0.2) is 47.6 Å². The number of benzene rings is 1. The molecule has 8 nitrogen and oxygen atoms in total. The van der Waals surface area contributed by atoms with E-state index in [0.717, 1.165) is 74.5 Å². The SMILES string of the molecule is CN=C(NCCCn1c(C)nc2ccccc21)NCc1cccnc1N1CCOCC1. The molecule has 1 fully saturated rings. The lowest BCUT2D eigenvalue weighted by atomic mass is 10.2. The van der Waals surface area contributed by atoms with E-state index in [2.05, 4.69) is 66.3 Å². The van der Waals surface area contributed by atoms with Gasteiger partial charge in [0.05, 0.1) is 24.2 Å². The Kier molecular flexibility index (Phi) is 6.99. The summed E-state index contributed by atoms with van der Waals surface area (Å²) >= 11 is 0. The second-order valence-electron chi connectivity index (χ2n) is 7.59. The molecule has 0 unspecified atom stereocenters. The van der Waals surface area contributed by atoms with E-state index in [1.54, 1.807) is 7.05 Å². The largest absolute Gasteiger partial charge is 0.378 e. The normalized spacial score (nSPS) is 14.8. The molecule has 0 aliphatic carbocycles. The summed E-state index contributed by atoms with van der Waals surface area (Å²) < 4.78 is 7.74. The molecule has 0 radical (unpaired) electrons. The number of anilines is 1. The van der Waals surface area contributed by atoms with Crippen LogP contribution >= 0.6 is 0 Å². The molecule has 3 aromatic rings. The number of rotatable bonds is 7. The zero-order chi connectivity index (χ0) is 21.5. The van der Waals surface area contributed by atoms with E-state index in [9.17, 15) is 0 Å². The number of aryl methyl sites for hydroxylation is 2. The van der Waals surface area contributed by atoms with Gasteiger partial charge < -0.3 is 24.8 Å². The molecule has 2 aromatic heterocycles. The highest BCUT2D eigenvalue weighted by Crippen LogP contribution is 2.18. The fourth-order valence-corrected chi connectivity index (χ4v) is 3.95. The Morgan fingerprint density at radius 1 is 1.13 bits per heavy atom. The number of pyridine rings is 1. The highest BCUT2D eigenvalue weighted by Gasteiger charge is 2.16. The number of nitrogens with one attached hydrogen (secondary N) is 2. The Labute approximate surface area is 183 Å². The molecule has 1 aliphatic rings. The van der Waals surface area contributed by atoms with Gasteiger partial charge in [0.25, 0.3) is 0 Å². The number of morpholine rings is 1. The van der Waals surface area contributed by atoms with Gasteiger partial charge in [-0.15, -0.1) is 0 Å². The molecule has 1 saturated heterocycles. The minimum absolute atomic E-state index is 0.672. The molecule has 0 bridgehead atoms. The van der Waals surface area contributed by atoms with Crippen LogP contribution < -0.4 is 15.5 Å². The smallest absolute Gasteiger partial charge is 0.191 e. The van der Waals surface area contributed by atoms with E-state index in [1.807, 2.05) is 18.3 Å². The molecule has 1 aromatic carbocycles. The van der Waals surface area contributed by atoms with Crippen LogP contribution in [0, 0.1) is 6.92 Å². The Bertz CT molecular complexity index is 1020. The number of guanidine groups is 1. The van der Waals surface area contributed by atoms with Gasteiger partial charge in [-0.1, -0.05) is 18.2 Å². The number of hydrogen-bond acceptors (Lipinski definition) is 5. The van der Waals surface area contributed by atoms with E-state index in [4.69, 9.17) is 4.74 Å². The van der Waals surface area contributed by atoms with Crippen molar-refractivity contribution in [1.82, 2.24) is 25.2 Å². The van der Waals surface area contributed by atoms with Crippen LogP contribution in [0.25, 0.3) is 11.0 Å². The zero-order valence-corrected chi connectivity index (χ0v) is 18.3. The molecule has 164 valence electrons.